The highest BCUT2D eigenvalue weighted by Gasteiger charge is 2.19. The number of aryl methyl sites for hydroxylation is 2. The zero-order valence-electron chi connectivity index (χ0n) is 15.9. The summed E-state index contributed by atoms with van der Waals surface area (Å²) < 4.78 is 10.8. The molecule has 0 spiro atoms. The molecule has 5 nitrogen and oxygen atoms in total. The Hall–Kier alpha value is -2.82. The van der Waals surface area contributed by atoms with Crippen molar-refractivity contribution in [3.63, 3.8) is 0 Å². The van der Waals surface area contributed by atoms with Gasteiger partial charge in [0.1, 0.15) is 5.75 Å². The van der Waals surface area contributed by atoms with Gasteiger partial charge in [0.25, 0.3) is 5.91 Å². The van der Waals surface area contributed by atoms with Crippen molar-refractivity contribution in [3.05, 3.63) is 58.7 Å². The van der Waals surface area contributed by atoms with Crippen LogP contribution < -0.4 is 10.1 Å². The third-order valence-corrected chi connectivity index (χ3v) is 4.09. The summed E-state index contributed by atoms with van der Waals surface area (Å²) in [6, 6.07) is 11.0. The number of amides is 1. The summed E-state index contributed by atoms with van der Waals surface area (Å²) in [6.07, 6.45) is -0.679. The molecule has 0 aliphatic heterocycles. The van der Waals surface area contributed by atoms with Crippen molar-refractivity contribution in [2.24, 2.45) is 0 Å². The third kappa shape index (κ3) is 4.63. The number of hydrogen-bond donors (Lipinski definition) is 1. The maximum absolute atomic E-state index is 12.5. The first kappa shape index (κ1) is 19.5. The Morgan fingerprint density at radius 1 is 1.12 bits per heavy atom. The molecule has 1 N–H and O–H groups in total. The largest absolute Gasteiger partial charge is 0.481 e. The number of esters is 1. The minimum Gasteiger partial charge on any atom is -0.481 e. The van der Waals surface area contributed by atoms with Crippen LogP contribution >= 0.6 is 0 Å². The van der Waals surface area contributed by atoms with E-state index in [4.69, 9.17) is 9.47 Å². The van der Waals surface area contributed by atoms with Crippen molar-refractivity contribution < 1.29 is 19.1 Å². The van der Waals surface area contributed by atoms with Gasteiger partial charge in [-0.3, -0.25) is 4.79 Å². The minimum absolute atomic E-state index is 0.283. The smallest absolute Gasteiger partial charge is 0.338 e. The second kappa shape index (κ2) is 8.52. The van der Waals surface area contributed by atoms with Gasteiger partial charge in [0, 0.05) is 5.69 Å². The highest BCUT2D eigenvalue weighted by atomic mass is 16.5. The van der Waals surface area contributed by atoms with Crippen molar-refractivity contribution in [1.29, 1.82) is 0 Å². The fourth-order valence-electron chi connectivity index (χ4n) is 2.61. The van der Waals surface area contributed by atoms with E-state index in [0.717, 1.165) is 11.1 Å². The van der Waals surface area contributed by atoms with E-state index in [0.29, 0.717) is 29.2 Å². The van der Waals surface area contributed by atoms with E-state index < -0.39 is 12.1 Å². The van der Waals surface area contributed by atoms with Crippen LogP contribution in [0.15, 0.2) is 36.4 Å². The molecule has 5 heteroatoms. The molecule has 1 unspecified atom stereocenters. The van der Waals surface area contributed by atoms with Crippen LogP contribution in [-0.4, -0.2) is 24.6 Å². The molecule has 2 rings (SSSR count). The van der Waals surface area contributed by atoms with E-state index in [-0.39, 0.29) is 5.91 Å². The standard InChI is InChI=1S/C21H25NO4/c1-6-25-21(24)17-8-7-9-18(15(17)4)22-20(23)16(5)26-19-11-10-13(2)12-14(19)3/h7-12,16H,6H2,1-5H3,(H,22,23). The van der Waals surface area contributed by atoms with Gasteiger partial charge >= 0.3 is 5.97 Å². The van der Waals surface area contributed by atoms with Crippen molar-refractivity contribution >= 4 is 17.6 Å². The monoisotopic (exact) mass is 355 g/mol. The molecule has 0 aromatic heterocycles. The fourth-order valence-corrected chi connectivity index (χ4v) is 2.61. The van der Waals surface area contributed by atoms with Gasteiger partial charge in [0.15, 0.2) is 6.10 Å². The molecule has 2 aromatic carbocycles. The van der Waals surface area contributed by atoms with Crippen LogP contribution in [0.3, 0.4) is 0 Å². The Bertz CT molecular complexity index is 814. The summed E-state index contributed by atoms with van der Waals surface area (Å²) in [5.41, 5.74) is 3.78. The highest BCUT2D eigenvalue weighted by molar-refractivity contribution is 5.98. The fraction of sp³-hybridized carbons (Fsp3) is 0.333. The summed E-state index contributed by atoms with van der Waals surface area (Å²) in [5, 5.41) is 2.83. The molecule has 0 heterocycles. The van der Waals surface area contributed by atoms with Gasteiger partial charge in [0.05, 0.1) is 12.2 Å². The Kier molecular flexibility index (Phi) is 6.39. The summed E-state index contributed by atoms with van der Waals surface area (Å²) in [7, 11) is 0. The lowest BCUT2D eigenvalue weighted by molar-refractivity contribution is -0.122. The molecular formula is C21H25NO4. The Labute approximate surface area is 154 Å². The molecule has 0 bridgehead atoms. The lowest BCUT2D eigenvalue weighted by Gasteiger charge is -2.18. The van der Waals surface area contributed by atoms with Crippen LogP contribution in [0.4, 0.5) is 5.69 Å². The Morgan fingerprint density at radius 3 is 2.50 bits per heavy atom. The van der Waals surface area contributed by atoms with Gasteiger partial charge in [-0.25, -0.2) is 4.79 Å². The second-order valence-electron chi connectivity index (χ2n) is 6.22. The van der Waals surface area contributed by atoms with Gasteiger partial charge in [-0.1, -0.05) is 23.8 Å². The van der Waals surface area contributed by atoms with E-state index in [2.05, 4.69) is 5.32 Å². The first-order chi connectivity index (χ1) is 12.3. The Balaban J connectivity index is 2.11. The average Bonchev–Trinajstić information content (AvgIpc) is 2.59. The van der Waals surface area contributed by atoms with Crippen LogP contribution in [0.1, 0.15) is 40.9 Å². The highest BCUT2D eigenvalue weighted by Crippen LogP contribution is 2.22. The van der Waals surface area contributed by atoms with E-state index in [1.807, 2.05) is 32.0 Å². The third-order valence-electron chi connectivity index (χ3n) is 4.09. The van der Waals surface area contributed by atoms with Crippen LogP contribution in [-0.2, 0) is 9.53 Å². The molecule has 138 valence electrons. The summed E-state index contributed by atoms with van der Waals surface area (Å²) in [4.78, 5) is 24.5. The molecule has 0 saturated carbocycles. The SMILES string of the molecule is CCOC(=O)c1cccc(NC(=O)C(C)Oc2ccc(C)cc2C)c1C. The first-order valence-corrected chi connectivity index (χ1v) is 8.65. The van der Waals surface area contributed by atoms with Crippen molar-refractivity contribution in [1.82, 2.24) is 0 Å². The number of carbonyl (C=O) groups is 2. The zero-order chi connectivity index (χ0) is 19.3. The van der Waals surface area contributed by atoms with Crippen LogP contribution in [0.25, 0.3) is 0 Å². The second-order valence-corrected chi connectivity index (χ2v) is 6.22. The molecular weight excluding hydrogens is 330 g/mol. The lowest BCUT2D eigenvalue weighted by atomic mass is 10.1. The minimum atomic E-state index is -0.679. The summed E-state index contributed by atoms with van der Waals surface area (Å²) >= 11 is 0. The van der Waals surface area contributed by atoms with E-state index in [9.17, 15) is 9.59 Å². The number of anilines is 1. The van der Waals surface area contributed by atoms with Gasteiger partial charge in [-0.05, 0) is 63.9 Å². The Morgan fingerprint density at radius 2 is 1.85 bits per heavy atom. The number of benzene rings is 2. The summed E-state index contributed by atoms with van der Waals surface area (Å²) in [5.74, 6) is -0.00925. The number of ether oxygens (including phenoxy) is 2. The summed E-state index contributed by atoms with van der Waals surface area (Å²) in [6.45, 7) is 9.48. The van der Waals surface area contributed by atoms with Gasteiger partial charge in [-0.2, -0.15) is 0 Å². The number of rotatable bonds is 6. The first-order valence-electron chi connectivity index (χ1n) is 8.65. The number of carbonyl (C=O) groups excluding carboxylic acids is 2. The molecule has 0 saturated heterocycles. The van der Waals surface area contributed by atoms with Crippen molar-refractivity contribution in [2.45, 2.75) is 40.7 Å². The van der Waals surface area contributed by atoms with E-state index in [1.54, 1.807) is 39.0 Å². The van der Waals surface area contributed by atoms with Gasteiger partial charge in [0.2, 0.25) is 0 Å². The average molecular weight is 355 g/mol. The van der Waals surface area contributed by atoms with Crippen LogP contribution in [0, 0.1) is 20.8 Å². The molecule has 0 aliphatic rings. The molecule has 0 fully saturated rings. The number of nitrogens with one attached hydrogen (secondary N) is 1. The topological polar surface area (TPSA) is 64.6 Å². The normalized spacial score (nSPS) is 11.6. The maximum Gasteiger partial charge on any atom is 0.338 e. The predicted molar refractivity (Wildman–Crippen MR) is 102 cm³/mol. The van der Waals surface area contributed by atoms with Crippen LogP contribution in [0.5, 0.6) is 5.75 Å². The molecule has 2 aromatic rings. The van der Waals surface area contributed by atoms with E-state index >= 15 is 0 Å². The molecule has 0 radical (unpaired) electrons. The molecule has 1 atom stereocenters. The van der Waals surface area contributed by atoms with Crippen LogP contribution in [0.2, 0.25) is 0 Å². The van der Waals surface area contributed by atoms with Crippen molar-refractivity contribution in [2.75, 3.05) is 11.9 Å². The lowest BCUT2D eigenvalue weighted by Crippen LogP contribution is -2.30. The quantitative estimate of drug-likeness (QED) is 0.789. The predicted octanol–water partition coefficient (Wildman–Crippen LogP) is 4.19. The van der Waals surface area contributed by atoms with Crippen molar-refractivity contribution in [3.8, 4) is 5.75 Å². The molecule has 26 heavy (non-hydrogen) atoms. The molecule has 0 aliphatic carbocycles. The maximum atomic E-state index is 12.5. The van der Waals surface area contributed by atoms with Gasteiger partial charge in [-0.15, -0.1) is 0 Å². The molecule has 1 amide bonds. The number of hydrogen-bond acceptors (Lipinski definition) is 4. The zero-order valence-corrected chi connectivity index (χ0v) is 15.9. The van der Waals surface area contributed by atoms with E-state index in [1.165, 1.54) is 0 Å². The van der Waals surface area contributed by atoms with Gasteiger partial charge < -0.3 is 14.8 Å².